The van der Waals surface area contributed by atoms with Gasteiger partial charge in [-0.15, -0.1) is 0 Å². The first-order valence-electron chi connectivity index (χ1n) is 6.35. The van der Waals surface area contributed by atoms with E-state index in [9.17, 15) is 4.79 Å². The summed E-state index contributed by atoms with van der Waals surface area (Å²) in [6.45, 7) is 0. The number of allylic oxidation sites excluding steroid dienone is 1. The second-order valence-electron chi connectivity index (χ2n) is 4.13. The number of rotatable bonds is 6. The zero-order chi connectivity index (χ0) is 15.1. The molecule has 21 heavy (non-hydrogen) atoms. The predicted molar refractivity (Wildman–Crippen MR) is 80.9 cm³/mol. The lowest BCUT2D eigenvalue weighted by Crippen LogP contribution is -1.99. The van der Waals surface area contributed by atoms with Crippen molar-refractivity contribution < 1.29 is 14.3 Å². The van der Waals surface area contributed by atoms with Crippen LogP contribution in [0.5, 0.6) is 11.5 Å². The molecule has 0 bridgehead atoms. The zero-order valence-corrected chi connectivity index (χ0v) is 11.9. The summed E-state index contributed by atoms with van der Waals surface area (Å²) in [5.74, 6) is 1.65. The van der Waals surface area contributed by atoms with Gasteiger partial charge in [0.15, 0.2) is 17.3 Å². The molecule has 2 aromatic rings. The molecule has 1 N–H and O–H groups in total. The first kappa shape index (κ1) is 14.6. The van der Waals surface area contributed by atoms with Crippen molar-refractivity contribution in [1.82, 2.24) is 4.98 Å². The maximum absolute atomic E-state index is 12.1. The van der Waals surface area contributed by atoms with Crippen molar-refractivity contribution in [3.63, 3.8) is 0 Å². The van der Waals surface area contributed by atoms with Crippen molar-refractivity contribution >= 4 is 11.6 Å². The molecule has 0 radical (unpaired) electrons. The Bertz CT molecular complexity index is 639. The second-order valence-corrected chi connectivity index (χ2v) is 4.13. The smallest absolute Gasteiger partial charge is 0.187 e. The third kappa shape index (κ3) is 3.82. The number of methoxy groups -OCH3 is 2. The molecular weight excluding hydrogens is 268 g/mol. The summed E-state index contributed by atoms with van der Waals surface area (Å²) < 4.78 is 10.3. The molecule has 108 valence electrons. The highest BCUT2D eigenvalue weighted by Crippen LogP contribution is 2.27. The van der Waals surface area contributed by atoms with Crippen molar-refractivity contribution in [2.24, 2.45) is 0 Å². The second kappa shape index (κ2) is 7.09. The van der Waals surface area contributed by atoms with E-state index in [2.05, 4.69) is 10.3 Å². The summed E-state index contributed by atoms with van der Waals surface area (Å²) in [6.07, 6.45) is 4.67. The van der Waals surface area contributed by atoms with Gasteiger partial charge in [-0.05, 0) is 30.3 Å². The maximum atomic E-state index is 12.1. The number of carbonyl (C=O) groups is 1. The predicted octanol–water partition coefficient (Wildman–Crippen LogP) is 2.91. The van der Waals surface area contributed by atoms with Crippen molar-refractivity contribution in [3.05, 3.63) is 60.4 Å². The van der Waals surface area contributed by atoms with E-state index in [1.165, 1.54) is 13.2 Å². The molecule has 0 spiro atoms. The monoisotopic (exact) mass is 284 g/mol. The molecule has 0 amide bonds. The number of aromatic nitrogens is 1. The van der Waals surface area contributed by atoms with Crippen LogP contribution in [-0.4, -0.2) is 25.0 Å². The molecule has 5 heteroatoms. The molecule has 2 rings (SSSR count). The number of ether oxygens (including phenoxy) is 2. The molecule has 0 unspecified atom stereocenters. The van der Waals surface area contributed by atoms with Gasteiger partial charge < -0.3 is 14.8 Å². The van der Waals surface area contributed by atoms with E-state index in [0.29, 0.717) is 22.9 Å². The minimum Gasteiger partial charge on any atom is -0.493 e. The van der Waals surface area contributed by atoms with E-state index in [0.717, 1.165) is 0 Å². The van der Waals surface area contributed by atoms with Crippen LogP contribution >= 0.6 is 0 Å². The van der Waals surface area contributed by atoms with Crippen LogP contribution in [0.1, 0.15) is 10.4 Å². The van der Waals surface area contributed by atoms with Crippen LogP contribution in [0, 0.1) is 0 Å². The lowest BCUT2D eigenvalue weighted by molar-refractivity contribution is 0.104. The topological polar surface area (TPSA) is 60.5 Å². The molecular formula is C16H16N2O3. The normalized spacial score (nSPS) is 10.4. The minimum atomic E-state index is -0.139. The summed E-state index contributed by atoms with van der Waals surface area (Å²) in [7, 11) is 3.08. The molecule has 0 saturated carbocycles. The van der Waals surface area contributed by atoms with Gasteiger partial charge in [0.2, 0.25) is 0 Å². The summed E-state index contributed by atoms with van der Waals surface area (Å²) in [5.41, 5.74) is 0.520. The van der Waals surface area contributed by atoms with Gasteiger partial charge in [-0.1, -0.05) is 6.07 Å². The fourth-order valence-corrected chi connectivity index (χ4v) is 1.74. The molecule has 5 nitrogen and oxygen atoms in total. The quantitative estimate of drug-likeness (QED) is 0.653. The van der Waals surface area contributed by atoms with E-state index in [4.69, 9.17) is 9.47 Å². The summed E-state index contributed by atoms with van der Waals surface area (Å²) >= 11 is 0. The van der Waals surface area contributed by atoms with Gasteiger partial charge in [0.1, 0.15) is 5.82 Å². The number of ketones is 1. The van der Waals surface area contributed by atoms with Gasteiger partial charge >= 0.3 is 0 Å². The molecule has 1 heterocycles. The first-order valence-corrected chi connectivity index (χ1v) is 6.35. The van der Waals surface area contributed by atoms with Gasteiger partial charge in [0.25, 0.3) is 0 Å². The number of nitrogens with zero attached hydrogens (tertiary/aromatic N) is 1. The number of hydrogen-bond donors (Lipinski definition) is 1. The minimum absolute atomic E-state index is 0.139. The molecule has 0 aliphatic heterocycles. The van der Waals surface area contributed by atoms with Crippen LogP contribution in [0.15, 0.2) is 54.9 Å². The zero-order valence-electron chi connectivity index (χ0n) is 11.9. The van der Waals surface area contributed by atoms with Crippen LogP contribution in [0.25, 0.3) is 0 Å². The highest BCUT2D eigenvalue weighted by molar-refractivity contribution is 6.05. The van der Waals surface area contributed by atoms with Crippen molar-refractivity contribution in [3.8, 4) is 11.5 Å². The Morgan fingerprint density at radius 3 is 2.62 bits per heavy atom. The average molecular weight is 284 g/mol. The van der Waals surface area contributed by atoms with Gasteiger partial charge in [0, 0.05) is 24.0 Å². The van der Waals surface area contributed by atoms with Crippen LogP contribution < -0.4 is 14.8 Å². The molecule has 0 fully saturated rings. The van der Waals surface area contributed by atoms with Gasteiger partial charge in [0.05, 0.1) is 14.2 Å². The number of pyridine rings is 1. The third-order valence-electron chi connectivity index (χ3n) is 2.80. The molecule has 0 aliphatic rings. The number of anilines is 1. The molecule has 1 aromatic carbocycles. The number of benzene rings is 1. The van der Waals surface area contributed by atoms with Crippen molar-refractivity contribution in [2.75, 3.05) is 19.5 Å². The summed E-state index contributed by atoms with van der Waals surface area (Å²) in [4.78, 5) is 16.1. The largest absolute Gasteiger partial charge is 0.493 e. The fraction of sp³-hybridized carbons (Fsp3) is 0.125. The Morgan fingerprint density at radius 2 is 1.95 bits per heavy atom. The lowest BCUT2D eigenvalue weighted by Gasteiger charge is -2.08. The Balaban J connectivity index is 2.06. The summed E-state index contributed by atoms with van der Waals surface area (Å²) in [6, 6.07) is 10.5. The van der Waals surface area contributed by atoms with Crippen molar-refractivity contribution in [2.45, 2.75) is 0 Å². The van der Waals surface area contributed by atoms with Gasteiger partial charge in [-0.25, -0.2) is 4.98 Å². The molecule has 0 aliphatic carbocycles. The van der Waals surface area contributed by atoms with E-state index in [1.807, 2.05) is 18.2 Å². The van der Waals surface area contributed by atoms with E-state index in [-0.39, 0.29) is 5.78 Å². The Morgan fingerprint density at radius 1 is 1.14 bits per heavy atom. The van der Waals surface area contributed by atoms with E-state index >= 15 is 0 Å². The number of nitrogens with one attached hydrogen (secondary N) is 1. The van der Waals surface area contributed by atoms with Gasteiger partial charge in [-0.2, -0.15) is 0 Å². The van der Waals surface area contributed by atoms with Crippen LogP contribution in [0.4, 0.5) is 5.82 Å². The highest BCUT2D eigenvalue weighted by atomic mass is 16.5. The fourth-order valence-electron chi connectivity index (χ4n) is 1.74. The Kier molecular flexibility index (Phi) is 4.93. The number of hydrogen-bond acceptors (Lipinski definition) is 5. The summed E-state index contributed by atoms with van der Waals surface area (Å²) in [5, 5.41) is 2.93. The van der Waals surface area contributed by atoms with Crippen LogP contribution in [0.3, 0.4) is 0 Å². The molecule has 0 saturated heterocycles. The SMILES string of the molecule is COc1ccc(C(=O)/C=C\Nc2ccccn2)cc1OC. The number of carbonyl (C=O) groups excluding carboxylic acids is 1. The van der Waals surface area contributed by atoms with Crippen LogP contribution in [0.2, 0.25) is 0 Å². The lowest BCUT2D eigenvalue weighted by atomic mass is 10.1. The highest BCUT2D eigenvalue weighted by Gasteiger charge is 2.08. The first-order chi connectivity index (χ1) is 10.2. The van der Waals surface area contributed by atoms with E-state index < -0.39 is 0 Å². The molecule has 1 aromatic heterocycles. The average Bonchev–Trinajstić information content (AvgIpc) is 2.55. The molecule has 0 atom stereocenters. The van der Waals surface area contributed by atoms with Gasteiger partial charge in [-0.3, -0.25) is 4.79 Å². The van der Waals surface area contributed by atoms with Crippen LogP contribution in [-0.2, 0) is 0 Å². The maximum Gasteiger partial charge on any atom is 0.187 e. The standard InChI is InChI=1S/C16H16N2O3/c1-20-14-7-6-12(11-15(14)21-2)13(19)8-10-18-16-5-3-4-9-17-16/h3-11H,1-2H3,(H,17,18)/b10-8-. The Labute approximate surface area is 123 Å². The van der Waals surface area contributed by atoms with Crippen molar-refractivity contribution in [1.29, 1.82) is 0 Å². The van der Waals surface area contributed by atoms with E-state index in [1.54, 1.807) is 37.7 Å². The Hall–Kier alpha value is -2.82. The third-order valence-corrected chi connectivity index (χ3v) is 2.80.